The fourth-order valence-electron chi connectivity index (χ4n) is 3.44. The molecule has 0 unspecified atom stereocenters. The summed E-state index contributed by atoms with van der Waals surface area (Å²) < 4.78 is 0. The maximum absolute atomic E-state index is 4.41. The Kier molecular flexibility index (Phi) is 3.65. The molecule has 0 nitrogen and oxygen atoms in total. The predicted octanol–water partition coefficient (Wildman–Crippen LogP) is 5.23. The van der Waals surface area contributed by atoms with Crippen LogP contribution in [-0.4, -0.2) is 0 Å². The second-order valence-electron chi connectivity index (χ2n) is 5.56. The quantitative estimate of drug-likeness (QED) is 0.709. The van der Waals surface area contributed by atoms with Crippen molar-refractivity contribution in [2.24, 2.45) is 0 Å². The molecule has 0 N–H and O–H groups in total. The minimum absolute atomic E-state index is 0.223. The zero-order valence-electron chi connectivity index (χ0n) is 11.2. The number of hydrogen-bond donors (Lipinski definition) is 1. The first-order chi connectivity index (χ1) is 9.31. The van der Waals surface area contributed by atoms with E-state index < -0.39 is 0 Å². The fraction of sp³-hybridized carbons (Fsp3) is 0.333. The smallest absolute Gasteiger partial charge is 0.0202 e. The zero-order chi connectivity index (χ0) is 13.1. The van der Waals surface area contributed by atoms with E-state index in [2.05, 4.69) is 67.2 Å². The van der Waals surface area contributed by atoms with Gasteiger partial charge in [-0.3, -0.25) is 0 Å². The first-order valence-electron chi connectivity index (χ1n) is 7.16. The Hall–Kier alpha value is -1.21. The Morgan fingerprint density at radius 1 is 0.684 bits per heavy atom. The van der Waals surface area contributed by atoms with Crippen molar-refractivity contribution in [1.29, 1.82) is 0 Å². The molecular weight excluding hydrogens is 248 g/mol. The number of thiol groups is 1. The monoisotopic (exact) mass is 268 g/mol. The van der Waals surface area contributed by atoms with Gasteiger partial charge in [-0.15, -0.1) is 12.6 Å². The van der Waals surface area contributed by atoms with Gasteiger partial charge in [0.1, 0.15) is 0 Å². The molecule has 1 aliphatic carbocycles. The van der Waals surface area contributed by atoms with Gasteiger partial charge in [0.15, 0.2) is 0 Å². The van der Waals surface area contributed by atoms with E-state index in [4.69, 9.17) is 0 Å². The summed E-state index contributed by atoms with van der Waals surface area (Å²) in [5.41, 5.74) is 3.15. The summed E-state index contributed by atoms with van der Waals surface area (Å²) in [6.45, 7) is 0. The van der Waals surface area contributed by atoms with Gasteiger partial charge < -0.3 is 0 Å². The third kappa shape index (κ3) is 2.44. The van der Waals surface area contributed by atoms with Gasteiger partial charge in [-0.25, -0.2) is 0 Å². The summed E-state index contributed by atoms with van der Waals surface area (Å²) in [4.78, 5) is 1.04. The van der Waals surface area contributed by atoms with Crippen LogP contribution < -0.4 is 0 Å². The number of rotatable bonds is 2. The predicted molar refractivity (Wildman–Crippen MR) is 84.0 cm³/mol. The van der Waals surface area contributed by atoms with E-state index in [1.807, 2.05) is 0 Å². The van der Waals surface area contributed by atoms with Crippen LogP contribution in [0.2, 0.25) is 0 Å². The van der Waals surface area contributed by atoms with Crippen molar-refractivity contribution in [2.75, 3.05) is 0 Å². The molecule has 3 rings (SSSR count). The zero-order valence-corrected chi connectivity index (χ0v) is 12.1. The molecule has 1 heteroatoms. The Morgan fingerprint density at radius 2 is 1.26 bits per heavy atom. The molecule has 0 radical (unpaired) electrons. The van der Waals surface area contributed by atoms with Crippen molar-refractivity contribution in [1.82, 2.24) is 0 Å². The van der Waals surface area contributed by atoms with Gasteiger partial charge in [-0.05, 0) is 36.1 Å². The summed E-state index contributed by atoms with van der Waals surface area (Å²) in [5.74, 6) is 0. The van der Waals surface area contributed by atoms with Crippen LogP contribution in [0.4, 0.5) is 0 Å². The third-order valence-electron chi connectivity index (χ3n) is 4.45. The Bertz CT molecular complexity index is 521. The van der Waals surface area contributed by atoms with Crippen molar-refractivity contribution >= 4 is 12.6 Å². The van der Waals surface area contributed by atoms with Crippen molar-refractivity contribution < 1.29 is 0 Å². The summed E-state index contributed by atoms with van der Waals surface area (Å²) in [5, 5.41) is 0. The van der Waals surface area contributed by atoms with Crippen molar-refractivity contribution in [3.63, 3.8) is 0 Å². The number of hydrogen-bond acceptors (Lipinski definition) is 1. The molecule has 0 heterocycles. The average Bonchev–Trinajstić information content (AvgIpc) is 2.49. The second-order valence-corrected chi connectivity index (χ2v) is 6.07. The molecular formula is C18H20S. The van der Waals surface area contributed by atoms with E-state index in [9.17, 15) is 0 Å². The van der Waals surface area contributed by atoms with Crippen LogP contribution in [0.1, 0.15) is 43.2 Å². The van der Waals surface area contributed by atoms with Crippen molar-refractivity contribution in [2.45, 2.75) is 42.4 Å². The first-order valence-corrected chi connectivity index (χ1v) is 7.61. The van der Waals surface area contributed by atoms with Crippen LogP contribution in [0.15, 0.2) is 59.5 Å². The highest BCUT2D eigenvalue weighted by Gasteiger charge is 2.35. The second kappa shape index (κ2) is 5.42. The largest absolute Gasteiger partial charge is 0.143 e. The van der Waals surface area contributed by atoms with Crippen LogP contribution >= 0.6 is 12.6 Å². The van der Waals surface area contributed by atoms with E-state index in [-0.39, 0.29) is 5.41 Å². The summed E-state index contributed by atoms with van der Waals surface area (Å²) in [7, 11) is 0. The lowest BCUT2D eigenvalue weighted by Crippen LogP contribution is -2.30. The molecule has 0 aliphatic heterocycles. The van der Waals surface area contributed by atoms with Gasteiger partial charge in [-0.1, -0.05) is 61.7 Å². The maximum atomic E-state index is 4.41. The standard InChI is InChI=1S/C18H20S/c19-17-11-9-16(10-12-17)18(13-5-2-6-14-18)15-7-3-1-4-8-15/h1,3-4,7-12,19H,2,5-6,13-14H2. The minimum atomic E-state index is 0.223. The lowest BCUT2D eigenvalue weighted by Gasteiger charge is -2.38. The average molecular weight is 268 g/mol. The van der Waals surface area contributed by atoms with Gasteiger partial charge in [0, 0.05) is 10.3 Å². The van der Waals surface area contributed by atoms with Crippen LogP contribution in [0, 0.1) is 0 Å². The number of benzene rings is 2. The van der Waals surface area contributed by atoms with Crippen LogP contribution in [0.25, 0.3) is 0 Å². The first kappa shape index (κ1) is 12.8. The normalized spacial score (nSPS) is 18.2. The van der Waals surface area contributed by atoms with Gasteiger partial charge >= 0.3 is 0 Å². The minimum Gasteiger partial charge on any atom is -0.143 e. The molecule has 0 amide bonds. The molecule has 0 atom stereocenters. The molecule has 0 spiro atoms. The lowest BCUT2D eigenvalue weighted by atomic mass is 9.65. The van der Waals surface area contributed by atoms with Gasteiger partial charge in [0.05, 0.1) is 0 Å². The molecule has 0 bridgehead atoms. The summed E-state index contributed by atoms with van der Waals surface area (Å²) in [6.07, 6.45) is 6.57. The highest BCUT2D eigenvalue weighted by atomic mass is 32.1. The molecule has 2 aromatic carbocycles. The SMILES string of the molecule is Sc1ccc(C2(c3ccccc3)CCCCC2)cc1. The van der Waals surface area contributed by atoms with Gasteiger partial charge in [0.25, 0.3) is 0 Å². The molecule has 0 saturated heterocycles. The Balaban J connectivity index is 2.09. The molecule has 0 aromatic heterocycles. The molecule has 19 heavy (non-hydrogen) atoms. The highest BCUT2D eigenvalue weighted by molar-refractivity contribution is 7.80. The van der Waals surface area contributed by atoms with E-state index in [0.717, 1.165) is 4.90 Å². The molecule has 2 aromatic rings. The third-order valence-corrected chi connectivity index (χ3v) is 4.75. The Labute approximate surface area is 121 Å². The highest BCUT2D eigenvalue weighted by Crippen LogP contribution is 2.44. The topological polar surface area (TPSA) is 0 Å². The van der Waals surface area contributed by atoms with Gasteiger partial charge in [-0.2, -0.15) is 0 Å². The molecule has 1 aliphatic rings. The van der Waals surface area contributed by atoms with E-state index in [1.54, 1.807) is 0 Å². The van der Waals surface area contributed by atoms with E-state index >= 15 is 0 Å². The lowest BCUT2D eigenvalue weighted by molar-refractivity contribution is 0.346. The van der Waals surface area contributed by atoms with E-state index in [1.165, 1.54) is 43.2 Å². The van der Waals surface area contributed by atoms with Crippen LogP contribution in [-0.2, 0) is 5.41 Å². The molecule has 98 valence electrons. The van der Waals surface area contributed by atoms with Crippen molar-refractivity contribution in [3.8, 4) is 0 Å². The summed E-state index contributed by atoms with van der Waals surface area (Å²) in [6, 6.07) is 19.8. The summed E-state index contributed by atoms with van der Waals surface area (Å²) >= 11 is 4.41. The van der Waals surface area contributed by atoms with Crippen LogP contribution in [0.5, 0.6) is 0 Å². The van der Waals surface area contributed by atoms with Gasteiger partial charge in [0.2, 0.25) is 0 Å². The molecule has 1 saturated carbocycles. The molecule has 1 fully saturated rings. The van der Waals surface area contributed by atoms with Crippen LogP contribution in [0.3, 0.4) is 0 Å². The Morgan fingerprint density at radius 3 is 1.89 bits per heavy atom. The maximum Gasteiger partial charge on any atom is 0.0202 e. The van der Waals surface area contributed by atoms with E-state index in [0.29, 0.717) is 0 Å². The fourth-order valence-corrected chi connectivity index (χ4v) is 3.59. The van der Waals surface area contributed by atoms with Crippen molar-refractivity contribution in [3.05, 3.63) is 65.7 Å².